The second-order valence-electron chi connectivity index (χ2n) is 7.87. The van der Waals surface area contributed by atoms with Gasteiger partial charge in [-0.1, -0.05) is 48.5 Å². The van der Waals surface area contributed by atoms with E-state index in [1.165, 1.54) is 11.6 Å². The van der Waals surface area contributed by atoms with Gasteiger partial charge in [0.05, 0.1) is 11.3 Å². The predicted octanol–water partition coefficient (Wildman–Crippen LogP) is 4.18. The summed E-state index contributed by atoms with van der Waals surface area (Å²) in [6.45, 7) is 1.33. The first-order valence-electron chi connectivity index (χ1n) is 10.6. The van der Waals surface area contributed by atoms with E-state index >= 15 is 0 Å². The number of ether oxygens (including phenoxy) is 1. The molecule has 1 aromatic heterocycles. The summed E-state index contributed by atoms with van der Waals surface area (Å²) >= 11 is 0. The Balaban J connectivity index is 1.54. The van der Waals surface area contributed by atoms with Crippen LogP contribution in [0.5, 0.6) is 11.6 Å². The molecule has 1 aliphatic rings. The highest BCUT2D eigenvalue weighted by atomic mass is 16.5. The molecule has 0 saturated heterocycles. The minimum atomic E-state index is -0.347. The van der Waals surface area contributed by atoms with Gasteiger partial charge >= 0.3 is 0 Å². The normalized spacial score (nSPS) is 11.8. The van der Waals surface area contributed by atoms with Crippen molar-refractivity contribution in [3.8, 4) is 17.3 Å². The SMILES string of the molecule is CC(=O)c1cccc(NC(=O)Cn2c3c(c(=O)n2-c2ccccc2)Cc2ccccc2O3)c1. The maximum absolute atomic E-state index is 13.4. The third-order valence-electron chi connectivity index (χ3n) is 5.58. The van der Waals surface area contributed by atoms with Crippen LogP contribution in [0.2, 0.25) is 0 Å². The lowest BCUT2D eigenvalue weighted by molar-refractivity contribution is -0.117. The Bertz CT molecular complexity index is 1430. The monoisotopic (exact) mass is 439 g/mol. The Labute approximate surface area is 189 Å². The van der Waals surface area contributed by atoms with Gasteiger partial charge in [-0.2, -0.15) is 0 Å². The van der Waals surface area contributed by atoms with Crippen molar-refractivity contribution in [3.05, 3.63) is 106 Å². The molecule has 5 rings (SSSR count). The average Bonchev–Trinajstić information content (AvgIpc) is 3.08. The van der Waals surface area contributed by atoms with Crippen LogP contribution in [0.3, 0.4) is 0 Å². The van der Waals surface area contributed by atoms with E-state index in [1.807, 2.05) is 54.6 Å². The van der Waals surface area contributed by atoms with Crippen molar-refractivity contribution in [2.75, 3.05) is 5.32 Å². The van der Waals surface area contributed by atoms with E-state index in [0.29, 0.717) is 40.6 Å². The highest BCUT2D eigenvalue weighted by molar-refractivity contribution is 5.97. The number of aromatic nitrogens is 2. The first kappa shape index (κ1) is 20.5. The van der Waals surface area contributed by atoms with E-state index in [-0.39, 0.29) is 23.8 Å². The summed E-state index contributed by atoms with van der Waals surface area (Å²) < 4.78 is 9.15. The molecule has 0 radical (unpaired) electrons. The van der Waals surface area contributed by atoms with Gasteiger partial charge in [0.15, 0.2) is 5.78 Å². The van der Waals surface area contributed by atoms with Crippen LogP contribution in [0.4, 0.5) is 5.69 Å². The molecule has 0 spiro atoms. The number of Topliss-reactive ketones (excluding diaryl/α,β-unsaturated/α-hetero) is 1. The summed E-state index contributed by atoms with van der Waals surface area (Å²) in [6.07, 6.45) is 0.423. The van der Waals surface area contributed by atoms with Gasteiger partial charge in [-0.15, -0.1) is 0 Å². The van der Waals surface area contributed by atoms with Crippen LogP contribution < -0.4 is 15.6 Å². The molecule has 0 saturated carbocycles. The number of hydrogen-bond donors (Lipinski definition) is 1. The number of benzene rings is 3. The van der Waals surface area contributed by atoms with E-state index in [0.717, 1.165) is 5.56 Å². The zero-order valence-corrected chi connectivity index (χ0v) is 17.9. The quantitative estimate of drug-likeness (QED) is 0.417. The highest BCUT2D eigenvalue weighted by Gasteiger charge is 2.29. The number of carbonyl (C=O) groups is 2. The predicted molar refractivity (Wildman–Crippen MR) is 124 cm³/mol. The number of nitrogens with zero attached hydrogens (tertiary/aromatic N) is 2. The standard InChI is InChI=1S/C26H21N3O4/c1-17(30)18-9-7-10-20(14-18)27-24(31)16-28-26-22(15-19-8-5-6-13-23(19)33-26)25(32)29(28)21-11-3-2-4-12-21/h2-14H,15-16H2,1H3,(H,27,31). The molecule has 2 heterocycles. The minimum absolute atomic E-state index is 0.0874. The Hall–Kier alpha value is -4.39. The summed E-state index contributed by atoms with van der Waals surface area (Å²) in [5.41, 5.74) is 2.85. The van der Waals surface area contributed by atoms with Crippen molar-refractivity contribution in [1.82, 2.24) is 9.36 Å². The largest absolute Gasteiger partial charge is 0.439 e. The Morgan fingerprint density at radius 1 is 0.970 bits per heavy atom. The van der Waals surface area contributed by atoms with Crippen molar-refractivity contribution >= 4 is 17.4 Å². The molecule has 7 heteroatoms. The zero-order valence-electron chi connectivity index (χ0n) is 17.9. The van der Waals surface area contributed by atoms with Crippen LogP contribution in [0.25, 0.3) is 5.69 Å². The van der Waals surface area contributed by atoms with Crippen molar-refractivity contribution in [2.24, 2.45) is 0 Å². The van der Waals surface area contributed by atoms with Crippen molar-refractivity contribution in [3.63, 3.8) is 0 Å². The number of fused-ring (bicyclic) bond motifs is 2. The molecular formula is C26H21N3O4. The summed E-state index contributed by atoms with van der Waals surface area (Å²) in [5, 5.41) is 2.82. The molecule has 7 nitrogen and oxygen atoms in total. The molecule has 3 aromatic carbocycles. The zero-order chi connectivity index (χ0) is 22.9. The van der Waals surface area contributed by atoms with Crippen LogP contribution in [-0.2, 0) is 17.8 Å². The Morgan fingerprint density at radius 3 is 2.52 bits per heavy atom. The smallest absolute Gasteiger partial charge is 0.278 e. The first-order valence-corrected chi connectivity index (χ1v) is 10.6. The molecule has 1 N–H and O–H groups in total. The maximum atomic E-state index is 13.4. The van der Waals surface area contributed by atoms with E-state index in [2.05, 4.69) is 5.32 Å². The lowest BCUT2D eigenvalue weighted by Gasteiger charge is -2.19. The maximum Gasteiger partial charge on any atom is 0.278 e. The van der Waals surface area contributed by atoms with Crippen LogP contribution >= 0.6 is 0 Å². The lowest BCUT2D eigenvalue weighted by Crippen LogP contribution is -2.27. The van der Waals surface area contributed by atoms with Crippen molar-refractivity contribution in [1.29, 1.82) is 0 Å². The van der Waals surface area contributed by atoms with Crippen LogP contribution in [-0.4, -0.2) is 21.1 Å². The van der Waals surface area contributed by atoms with E-state index in [4.69, 9.17) is 4.74 Å². The van der Waals surface area contributed by atoms with Gasteiger partial charge in [0.1, 0.15) is 12.3 Å². The summed E-state index contributed by atoms with van der Waals surface area (Å²) in [7, 11) is 0. The fraction of sp³-hybridized carbons (Fsp3) is 0.115. The first-order chi connectivity index (χ1) is 16.0. The molecule has 4 aromatic rings. The molecule has 0 bridgehead atoms. The highest BCUT2D eigenvalue weighted by Crippen LogP contribution is 2.35. The lowest BCUT2D eigenvalue weighted by atomic mass is 10.0. The second-order valence-corrected chi connectivity index (χ2v) is 7.87. The number of para-hydroxylation sites is 2. The molecule has 1 aliphatic heterocycles. The number of nitrogens with one attached hydrogen (secondary N) is 1. The number of carbonyl (C=O) groups excluding carboxylic acids is 2. The van der Waals surface area contributed by atoms with Gasteiger partial charge in [-0.3, -0.25) is 14.4 Å². The summed E-state index contributed by atoms with van der Waals surface area (Å²) in [6, 6.07) is 23.5. The Kier molecular flexibility index (Phi) is 5.14. The van der Waals surface area contributed by atoms with Gasteiger partial charge in [0.25, 0.3) is 5.56 Å². The number of anilines is 1. The number of ketones is 1. The third-order valence-corrected chi connectivity index (χ3v) is 5.58. The molecule has 0 atom stereocenters. The van der Waals surface area contributed by atoms with E-state index in [9.17, 15) is 14.4 Å². The van der Waals surface area contributed by atoms with Gasteiger partial charge in [-0.25, -0.2) is 9.36 Å². The van der Waals surface area contributed by atoms with Crippen LogP contribution in [0.1, 0.15) is 28.4 Å². The number of rotatable bonds is 5. The summed E-state index contributed by atoms with van der Waals surface area (Å²) in [4.78, 5) is 38.1. The molecule has 0 fully saturated rings. The minimum Gasteiger partial charge on any atom is -0.439 e. The molecule has 0 unspecified atom stereocenters. The molecule has 33 heavy (non-hydrogen) atoms. The number of hydrogen-bond acceptors (Lipinski definition) is 4. The van der Waals surface area contributed by atoms with Gasteiger partial charge in [0.2, 0.25) is 11.8 Å². The van der Waals surface area contributed by atoms with Gasteiger partial charge in [0, 0.05) is 17.7 Å². The third kappa shape index (κ3) is 3.85. The molecular weight excluding hydrogens is 418 g/mol. The topological polar surface area (TPSA) is 82.3 Å². The van der Waals surface area contributed by atoms with Gasteiger partial charge < -0.3 is 10.1 Å². The van der Waals surface area contributed by atoms with Crippen molar-refractivity contribution < 1.29 is 14.3 Å². The van der Waals surface area contributed by atoms with Crippen LogP contribution in [0, 0.1) is 0 Å². The van der Waals surface area contributed by atoms with Crippen molar-refractivity contribution in [2.45, 2.75) is 19.9 Å². The Morgan fingerprint density at radius 2 is 1.73 bits per heavy atom. The van der Waals surface area contributed by atoms with E-state index in [1.54, 1.807) is 28.9 Å². The second kappa shape index (κ2) is 8.27. The van der Waals surface area contributed by atoms with Crippen LogP contribution in [0.15, 0.2) is 83.7 Å². The molecule has 164 valence electrons. The molecule has 0 aliphatic carbocycles. The fourth-order valence-electron chi connectivity index (χ4n) is 4.01. The number of amides is 1. The fourth-order valence-corrected chi connectivity index (χ4v) is 4.01. The average molecular weight is 439 g/mol. The van der Waals surface area contributed by atoms with E-state index < -0.39 is 0 Å². The van der Waals surface area contributed by atoms with Gasteiger partial charge in [-0.05, 0) is 42.8 Å². The summed E-state index contributed by atoms with van der Waals surface area (Å²) in [5.74, 6) is 0.588. The molecule has 1 amide bonds.